The van der Waals surface area contributed by atoms with Gasteiger partial charge in [0.2, 0.25) is 0 Å². The molecular formula is C29H30Cl2FN5O3. The van der Waals surface area contributed by atoms with Crippen LogP contribution >= 0.6 is 23.2 Å². The first-order valence-corrected chi connectivity index (χ1v) is 14.3. The zero-order chi connectivity index (χ0) is 28.0. The molecule has 2 aliphatic heterocycles. The van der Waals surface area contributed by atoms with Gasteiger partial charge < -0.3 is 14.8 Å². The highest BCUT2D eigenvalue weighted by Crippen LogP contribution is 2.39. The molecule has 2 aliphatic rings. The minimum Gasteiger partial charge on any atom is -0.479 e. The number of hydrogen-bond donors (Lipinski definition) is 2. The molecule has 2 aromatic heterocycles. The second kappa shape index (κ2) is 11.1. The number of likely N-dealkylation sites (tertiary alicyclic amines) is 1. The topological polar surface area (TPSA) is 96.4 Å². The monoisotopic (exact) mass is 585 g/mol. The largest absolute Gasteiger partial charge is 0.479 e. The van der Waals surface area contributed by atoms with Gasteiger partial charge in [-0.2, -0.15) is 5.10 Å². The Labute approximate surface area is 240 Å². The molecule has 0 spiro atoms. The Morgan fingerprint density at radius 1 is 1.18 bits per heavy atom. The standard InChI is InChI=1S/C29H30Cl2FN5O3/c30-23-12-21(19-3-1-18(2-4-19)13-35-8-5-17(6-9-35)7-10-38)25(31)26-22(23)15-37(34-26)28(29(39)40)27-24-11-20(32)14-36(24)16-33-27/h1-4,12,15-17,20,28,38H,5-11,13-14H2,(H,39,40)/t20-,28?/m1/s1. The molecule has 0 saturated carbocycles. The lowest BCUT2D eigenvalue weighted by Crippen LogP contribution is -2.33. The normalized spacial score (nSPS) is 18.9. The van der Waals surface area contributed by atoms with Crippen molar-refractivity contribution < 1.29 is 19.4 Å². The molecule has 1 unspecified atom stereocenters. The second-order valence-electron chi connectivity index (χ2n) is 10.8. The van der Waals surface area contributed by atoms with Crippen LogP contribution in [0.1, 0.15) is 42.3 Å². The van der Waals surface area contributed by atoms with E-state index in [1.807, 2.05) is 12.1 Å². The number of halogens is 3. The Morgan fingerprint density at radius 2 is 1.93 bits per heavy atom. The molecular weight excluding hydrogens is 556 g/mol. The Bertz CT molecular complexity index is 1550. The van der Waals surface area contributed by atoms with Crippen LogP contribution in [0.15, 0.2) is 42.9 Å². The number of carboxylic acids is 1. The van der Waals surface area contributed by atoms with Crippen molar-refractivity contribution in [1.82, 2.24) is 24.2 Å². The van der Waals surface area contributed by atoms with Gasteiger partial charge >= 0.3 is 5.97 Å². The molecule has 2 N–H and O–H groups in total. The molecule has 1 fully saturated rings. The number of benzene rings is 2. The number of imidazole rings is 1. The van der Waals surface area contributed by atoms with Crippen LogP contribution in [-0.2, 0) is 24.3 Å². The second-order valence-corrected chi connectivity index (χ2v) is 11.6. The summed E-state index contributed by atoms with van der Waals surface area (Å²) in [5.74, 6) is -0.542. The number of hydrogen-bond acceptors (Lipinski definition) is 5. The Kier molecular flexibility index (Phi) is 7.56. The summed E-state index contributed by atoms with van der Waals surface area (Å²) in [6.45, 7) is 3.35. The van der Waals surface area contributed by atoms with Gasteiger partial charge in [-0.25, -0.2) is 14.2 Å². The van der Waals surface area contributed by atoms with Crippen LogP contribution in [-0.4, -0.2) is 66.3 Å². The number of carboxylic acid groups (broad SMARTS) is 1. The van der Waals surface area contributed by atoms with Gasteiger partial charge in [0.1, 0.15) is 11.7 Å². The average Bonchev–Trinajstić information content (AvgIpc) is 3.64. The molecule has 0 radical (unpaired) electrons. The van der Waals surface area contributed by atoms with E-state index in [1.165, 1.54) is 16.6 Å². The number of aliphatic carboxylic acids is 1. The fourth-order valence-electron chi connectivity index (χ4n) is 6.00. The van der Waals surface area contributed by atoms with E-state index in [0.29, 0.717) is 38.1 Å². The molecule has 2 atom stereocenters. The highest BCUT2D eigenvalue weighted by atomic mass is 35.5. The zero-order valence-electron chi connectivity index (χ0n) is 21.8. The van der Waals surface area contributed by atoms with Gasteiger partial charge in [-0.05, 0) is 55.5 Å². The lowest BCUT2D eigenvalue weighted by Gasteiger charge is -2.31. The average molecular weight is 586 g/mol. The Hall–Kier alpha value is -2.98. The molecule has 1 saturated heterocycles. The molecule has 0 bridgehead atoms. The van der Waals surface area contributed by atoms with Crippen molar-refractivity contribution in [2.45, 2.75) is 51.0 Å². The number of fused-ring (bicyclic) bond motifs is 2. The van der Waals surface area contributed by atoms with Crippen LogP contribution in [0.25, 0.3) is 22.0 Å². The third kappa shape index (κ3) is 5.11. The van der Waals surface area contributed by atoms with E-state index in [1.54, 1.807) is 16.8 Å². The van der Waals surface area contributed by atoms with Gasteiger partial charge in [-0.3, -0.25) is 9.58 Å². The number of aromatic nitrogens is 4. The minimum atomic E-state index is -1.24. The Morgan fingerprint density at radius 3 is 2.62 bits per heavy atom. The first-order chi connectivity index (χ1) is 19.3. The number of aliphatic hydroxyl groups excluding tert-OH is 1. The summed E-state index contributed by atoms with van der Waals surface area (Å²) in [6, 6.07) is 8.72. The minimum absolute atomic E-state index is 0.115. The maximum Gasteiger partial charge on any atom is 0.334 e. The van der Waals surface area contributed by atoms with Gasteiger partial charge in [0, 0.05) is 42.4 Å². The summed E-state index contributed by atoms with van der Waals surface area (Å²) in [4.78, 5) is 19.1. The maximum atomic E-state index is 14.0. The van der Waals surface area contributed by atoms with E-state index < -0.39 is 18.2 Å². The smallest absolute Gasteiger partial charge is 0.334 e. The van der Waals surface area contributed by atoms with Crippen LogP contribution < -0.4 is 0 Å². The summed E-state index contributed by atoms with van der Waals surface area (Å²) in [6.07, 6.45) is 5.20. The molecule has 4 heterocycles. The molecule has 0 aliphatic carbocycles. The van der Waals surface area contributed by atoms with Crippen molar-refractivity contribution in [1.29, 1.82) is 0 Å². The zero-order valence-corrected chi connectivity index (χ0v) is 23.3. The summed E-state index contributed by atoms with van der Waals surface area (Å²) < 4.78 is 16.9. The van der Waals surface area contributed by atoms with Crippen LogP contribution in [0.3, 0.4) is 0 Å². The number of carbonyl (C=O) groups is 1. The van der Waals surface area contributed by atoms with E-state index in [4.69, 9.17) is 23.2 Å². The number of aliphatic hydroxyl groups is 1. The van der Waals surface area contributed by atoms with Crippen LogP contribution in [0.2, 0.25) is 10.0 Å². The number of alkyl halides is 1. The first kappa shape index (κ1) is 27.2. The van der Waals surface area contributed by atoms with Gasteiger partial charge in [0.15, 0.2) is 6.04 Å². The first-order valence-electron chi connectivity index (χ1n) is 13.5. The van der Waals surface area contributed by atoms with Crippen molar-refractivity contribution in [3.8, 4) is 11.1 Å². The van der Waals surface area contributed by atoms with Gasteiger partial charge in [-0.1, -0.05) is 47.5 Å². The molecule has 8 nitrogen and oxygen atoms in total. The van der Waals surface area contributed by atoms with Crippen molar-refractivity contribution in [2.24, 2.45) is 5.92 Å². The molecule has 6 rings (SSSR count). The summed E-state index contributed by atoms with van der Waals surface area (Å²) in [5.41, 5.74) is 4.00. The molecule has 0 amide bonds. The van der Waals surface area contributed by atoms with Crippen molar-refractivity contribution in [2.75, 3.05) is 19.7 Å². The Balaban J connectivity index is 1.26. The molecule has 2 aromatic carbocycles. The van der Waals surface area contributed by atoms with Crippen LogP contribution in [0, 0.1) is 5.92 Å². The molecule has 210 valence electrons. The lowest BCUT2D eigenvalue weighted by molar-refractivity contribution is -0.139. The molecule has 11 heteroatoms. The van der Waals surface area contributed by atoms with Crippen molar-refractivity contribution in [3.63, 3.8) is 0 Å². The fraction of sp³-hybridized carbons (Fsp3) is 0.414. The number of piperidine rings is 1. The van der Waals surface area contributed by atoms with E-state index in [0.717, 1.165) is 44.5 Å². The van der Waals surface area contributed by atoms with Crippen molar-refractivity contribution in [3.05, 3.63) is 69.9 Å². The van der Waals surface area contributed by atoms with Gasteiger partial charge in [0.25, 0.3) is 0 Å². The third-order valence-corrected chi connectivity index (χ3v) is 8.86. The number of rotatable bonds is 8. The highest BCUT2D eigenvalue weighted by Gasteiger charge is 2.34. The SMILES string of the molecule is O=C(O)C(c1ncn2c1C[C@@H](F)C2)n1cc2c(Cl)cc(-c3ccc(CN4CCC(CCO)CC4)cc3)c(Cl)c2n1. The van der Waals surface area contributed by atoms with Crippen LogP contribution in [0.4, 0.5) is 4.39 Å². The predicted molar refractivity (Wildman–Crippen MR) is 151 cm³/mol. The summed E-state index contributed by atoms with van der Waals surface area (Å²) >= 11 is 13.5. The van der Waals surface area contributed by atoms with E-state index in [-0.39, 0.29) is 25.3 Å². The quantitative estimate of drug-likeness (QED) is 0.288. The fourth-order valence-corrected chi connectivity index (χ4v) is 6.55. The summed E-state index contributed by atoms with van der Waals surface area (Å²) in [5, 5.41) is 25.1. The highest BCUT2D eigenvalue weighted by molar-refractivity contribution is 6.42. The van der Waals surface area contributed by atoms with Crippen molar-refractivity contribution >= 4 is 40.1 Å². The van der Waals surface area contributed by atoms with E-state index >= 15 is 0 Å². The lowest BCUT2D eigenvalue weighted by atomic mass is 9.93. The van der Waals surface area contributed by atoms with Crippen LogP contribution in [0.5, 0.6) is 0 Å². The maximum absolute atomic E-state index is 14.0. The third-order valence-electron chi connectivity index (χ3n) is 8.17. The number of nitrogens with zero attached hydrogens (tertiary/aromatic N) is 5. The van der Waals surface area contributed by atoms with Gasteiger partial charge in [-0.15, -0.1) is 0 Å². The summed E-state index contributed by atoms with van der Waals surface area (Å²) in [7, 11) is 0. The van der Waals surface area contributed by atoms with E-state index in [2.05, 4.69) is 27.1 Å². The molecule has 4 aromatic rings. The van der Waals surface area contributed by atoms with Gasteiger partial charge in [0.05, 0.1) is 28.6 Å². The molecule has 40 heavy (non-hydrogen) atoms. The predicted octanol–water partition coefficient (Wildman–Crippen LogP) is 5.37. The van der Waals surface area contributed by atoms with E-state index in [9.17, 15) is 19.4 Å².